The van der Waals surface area contributed by atoms with Gasteiger partial charge in [0.25, 0.3) is 0 Å². The number of aliphatic imine (C=N–C) groups is 2. The van der Waals surface area contributed by atoms with Crippen molar-refractivity contribution in [2.75, 3.05) is 52.4 Å². The fourth-order valence-electron chi connectivity index (χ4n) is 2.56. The average molecular weight is 325 g/mol. The highest BCUT2D eigenvalue weighted by Gasteiger charge is 2.07. The number of hydrogen-bond acceptors (Lipinski definition) is 5. The van der Waals surface area contributed by atoms with E-state index >= 15 is 0 Å². The monoisotopic (exact) mass is 325 g/mol. The number of fused-ring (bicyclic) bond motifs is 2. The van der Waals surface area contributed by atoms with Crippen molar-refractivity contribution >= 4 is 12.4 Å². The molecule has 128 valence electrons. The molecule has 0 fully saturated rings. The highest BCUT2D eigenvalue weighted by atomic mass is 15.2. The molecule has 0 saturated carbocycles. The van der Waals surface area contributed by atoms with Crippen molar-refractivity contribution in [1.82, 2.24) is 14.8 Å². The van der Waals surface area contributed by atoms with E-state index in [0.717, 1.165) is 63.7 Å². The molecule has 5 heteroatoms. The van der Waals surface area contributed by atoms with Crippen molar-refractivity contribution < 1.29 is 0 Å². The number of nitrogens with zero attached hydrogens (tertiary/aromatic N) is 5. The Bertz CT molecular complexity index is 532. The summed E-state index contributed by atoms with van der Waals surface area (Å²) >= 11 is 0. The summed E-state index contributed by atoms with van der Waals surface area (Å²) in [4.78, 5) is 18.3. The summed E-state index contributed by atoms with van der Waals surface area (Å²) in [5.74, 6) is 0. The molecule has 0 aliphatic carbocycles. The van der Waals surface area contributed by atoms with Crippen LogP contribution in [-0.2, 0) is 0 Å². The lowest BCUT2D eigenvalue weighted by Crippen LogP contribution is -2.37. The van der Waals surface area contributed by atoms with Crippen molar-refractivity contribution in [1.29, 1.82) is 0 Å². The molecule has 2 heterocycles. The molecule has 0 N–H and O–H groups in total. The van der Waals surface area contributed by atoms with Crippen molar-refractivity contribution in [2.45, 2.75) is 0 Å². The maximum Gasteiger partial charge on any atom is 0.0815 e. The minimum atomic E-state index is 0.759. The molecule has 0 spiro atoms. The van der Waals surface area contributed by atoms with E-state index in [9.17, 15) is 0 Å². The maximum atomic E-state index is 4.54. The Morgan fingerprint density at radius 2 is 1.33 bits per heavy atom. The first kappa shape index (κ1) is 18.2. The maximum absolute atomic E-state index is 4.54. The lowest BCUT2D eigenvalue weighted by atomic mass is 10.3. The Hall–Kier alpha value is -2.11. The second kappa shape index (κ2) is 10.6. The number of aromatic nitrogens is 1. The minimum absolute atomic E-state index is 0.759. The molecule has 0 amide bonds. The van der Waals surface area contributed by atoms with Gasteiger partial charge >= 0.3 is 0 Å². The van der Waals surface area contributed by atoms with Crippen LogP contribution in [0.15, 0.2) is 53.5 Å². The average Bonchev–Trinajstić information content (AvgIpc) is 2.60. The van der Waals surface area contributed by atoms with Crippen LogP contribution >= 0.6 is 0 Å². The fourth-order valence-corrected chi connectivity index (χ4v) is 2.56. The van der Waals surface area contributed by atoms with Crippen LogP contribution in [0.4, 0.5) is 0 Å². The van der Waals surface area contributed by atoms with Crippen LogP contribution < -0.4 is 0 Å². The lowest BCUT2D eigenvalue weighted by molar-refractivity contribution is 0.235. The quantitative estimate of drug-likeness (QED) is 0.794. The van der Waals surface area contributed by atoms with Gasteiger partial charge in [-0.3, -0.25) is 19.8 Å². The second-order valence-corrected chi connectivity index (χ2v) is 5.74. The van der Waals surface area contributed by atoms with E-state index in [1.54, 1.807) is 0 Å². The first-order valence-corrected chi connectivity index (χ1v) is 8.45. The molecular weight excluding hydrogens is 298 g/mol. The zero-order valence-corrected chi connectivity index (χ0v) is 14.3. The van der Waals surface area contributed by atoms with Gasteiger partial charge in [-0.25, -0.2) is 4.98 Å². The predicted octanol–water partition coefficient (Wildman–Crippen LogP) is 1.91. The Morgan fingerprint density at radius 3 is 1.79 bits per heavy atom. The van der Waals surface area contributed by atoms with Crippen molar-refractivity contribution in [3.05, 3.63) is 54.9 Å². The third kappa shape index (κ3) is 6.56. The molecule has 1 aliphatic heterocycles. The Labute approximate surface area is 145 Å². The van der Waals surface area contributed by atoms with Crippen LogP contribution in [0.5, 0.6) is 0 Å². The fraction of sp³-hybridized carbons (Fsp3) is 0.421. The summed E-state index contributed by atoms with van der Waals surface area (Å²) in [6.45, 7) is 14.8. The van der Waals surface area contributed by atoms with Crippen molar-refractivity contribution in [3.8, 4) is 0 Å². The highest BCUT2D eigenvalue weighted by molar-refractivity contribution is 5.81. The van der Waals surface area contributed by atoms with E-state index in [4.69, 9.17) is 0 Å². The standard InChI is InChI=1S/C19H27N5/c1-3-10-23-12-8-20-16-18-6-5-7-19(22-18)17-21-9-13-24(11-4-2)15-14-23/h3-7,16-17H,1-2,8-15H2. The van der Waals surface area contributed by atoms with Crippen LogP contribution in [0.2, 0.25) is 0 Å². The number of hydrogen-bond donors (Lipinski definition) is 0. The largest absolute Gasteiger partial charge is 0.297 e. The van der Waals surface area contributed by atoms with Gasteiger partial charge in [0.2, 0.25) is 0 Å². The zero-order valence-electron chi connectivity index (χ0n) is 14.3. The van der Waals surface area contributed by atoms with Crippen LogP contribution in [0.25, 0.3) is 0 Å². The van der Waals surface area contributed by atoms with Crippen LogP contribution in [0.3, 0.4) is 0 Å². The van der Waals surface area contributed by atoms with Crippen molar-refractivity contribution in [3.63, 3.8) is 0 Å². The molecule has 1 aliphatic rings. The van der Waals surface area contributed by atoms with Crippen LogP contribution in [0, 0.1) is 0 Å². The van der Waals surface area contributed by atoms with Gasteiger partial charge in [0.05, 0.1) is 24.5 Å². The lowest BCUT2D eigenvalue weighted by Gasteiger charge is -2.25. The number of rotatable bonds is 4. The van der Waals surface area contributed by atoms with Gasteiger partial charge in [-0.15, -0.1) is 13.2 Å². The molecule has 2 rings (SSSR count). The normalized spacial score (nSPS) is 17.8. The van der Waals surface area contributed by atoms with Gasteiger partial charge in [0, 0.05) is 51.7 Å². The molecule has 0 radical (unpaired) electrons. The van der Waals surface area contributed by atoms with E-state index in [-0.39, 0.29) is 0 Å². The van der Waals surface area contributed by atoms with Gasteiger partial charge in [0.1, 0.15) is 0 Å². The Kier molecular flexibility index (Phi) is 8.07. The van der Waals surface area contributed by atoms with Gasteiger partial charge in [-0.2, -0.15) is 0 Å². The second-order valence-electron chi connectivity index (χ2n) is 5.74. The molecule has 24 heavy (non-hydrogen) atoms. The topological polar surface area (TPSA) is 44.1 Å². The van der Waals surface area contributed by atoms with Gasteiger partial charge in [0.15, 0.2) is 0 Å². The summed E-state index contributed by atoms with van der Waals surface area (Å²) in [5.41, 5.74) is 1.75. The predicted molar refractivity (Wildman–Crippen MR) is 102 cm³/mol. The first-order chi connectivity index (χ1) is 11.8. The molecule has 0 atom stereocenters. The third-order valence-electron chi connectivity index (χ3n) is 3.84. The van der Waals surface area contributed by atoms with Gasteiger partial charge in [-0.1, -0.05) is 18.2 Å². The van der Waals surface area contributed by atoms with Gasteiger partial charge in [-0.05, 0) is 12.1 Å². The summed E-state index contributed by atoms with van der Waals surface area (Å²) < 4.78 is 0. The molecular formula is C19H27N5. The molecule has 0 saturated heterocycles. The summed E-state index contributed by atoms with van der Waals surface area (Å²) in [6, 6.07) is 5.92. The Morgan fingerprint density at radius 1 is 0.833 bits per heavy atom. The molecule has 5 nitrogen and oxygen atoms in total. The number of pyridine rings is 1. The first-order valence-electron chi connectivity index (χ1n) is 8.45. The van der Waals surface area contributed by atoms with E-state index in [2.05, 4.69) is 37.9 Å². The SMILES string of the molecule is C=CCN1CCN=Cc2cccc(n2)C=NCCN(CC=C)CC1. The molecule has 0 aromatic carbocycles. The Balaban J connectivity index is 2.11. The zero-order chi connectivity index (χ0) is 17.0. The highest BCUT2D eigenvalue weighted by Crippen LogP contribution is 1.98. The molecule has 2 bridgehead atoms. The van der Waals surface area contributed by atoms with E-state index in [0.29, 0.717) is 0 Å². The molecule has 1 aromatic heterocycles. The van der Waals surface area contributed by atoms with Crippen LogP contribution in [-0.4, -0.2) is 79.6 Å². The third-order valence-corrected chi connectivity index (χ3v) is 3.84. The van der Waals surface area contributed by atoms with E-state index < -0.39 is 0 Å². The summed E-state index contributed by atoms with van der Waals surface area (Å²) in [6.07, 6.45) is 7.58. The molecule has 1 aromatic rings. The van der Waals surface area contributed by atoms with Crippen LogP contribution in [0.1, 0.15) is 11.4 Å². The summed E-state index contributed by atoms with van der Waals surface area (Å²) in [7, 11) is 0. The van der Waals surface area contributed by atoms with Crippen molar-refractivity contribution in [2.24, 2.45) is 9.98 Å². The van der Waals surface area contributed by atoms with E-state index in [1.165, 1.54) is 0 Å². The molecule has 0 unspecified atom stereocenters. The summed E-state index contributed by atoms with van der Waals surface area (Å²) in [5, 5.41) is 0. The smallest absolute Gasteiger partial charge is 0.0815 e. The van der Waals surface area contributed by atoms with E-state index in [1.807, 2.05) is 42.8 Å². The minimum Gasteiger partial charge on any atom is -0.297 e. The van der Waals surface area contributed by atoms with Gasteiger partial charge < -0.3 is 0 Å².